The lowest BCUT2D eigenvalue weighted by Crippen LogP contribution is -2.36. The molecule has 0 spiro atoms. The summed E-state index contributed by atoms with van der Waals surface area (Å²) < 4.78 is 5.08. The van der Waals surface area contributed by atoms with Crippen molar-refractivity contribution in [3.63, 3.8) is 0 Å². The predicted octanol–water partition coefficient (Wildman–Crippen LogP) is 3.30. The van der Waals surface area contributed by atoms with Crippen LogP contribution in [0.2, 0.25) is 0 Å². The van der Waals surface area contributed by atoms with Gasteiger partial charge in [0.05, 0.1) is 7.11 Å². The van der Waals surface area contributed by atoms with Gasteiger partial charge in [-0.25, -0.2) is 0 Å². The lowest BCUT2D eigenvalue weighted by molar-refractivity contribution is -0.120. The molecule has 0 atom stereocenters. The molecule has 5 nitrogen and oxygen atoms in total. The first-order valence-electron chi connectivity index (χ1n) is 7.70. The lowest BCUT2D eigenvalue weighted by Gasteiger charge is -2.21. The second-order valence-electron chi connectivity index (χ2n) is 5.65. The number of hydrogen-bond donors (Lipinski definition) is 1. The summed E-state index contributed by atoms with van der Waals surface area (Å²) in [6.07, 6.45) is 0. The number of carbonyl (C=O) groups is 2. The quantitative estimate of drug-likeness (QED) is 0.917. The molecule has 0 saturated heterocycles. The van der Waals surface area contributed by atoms with Gasteiger partial charge in [0, 0.05) is 18.3 Å². The minimum Gasteiger partial charge on any atom is -0.497 e. The highest BCUT2D eigenvalue weighted by Gasteiger charge is 2.16. The maximum absolute atomic E-state index is 12.3. The molecular weight excluding hydrogens is 304 g/mol. The Hall–Kier alpha value is -2.82. The highest BCUT2D eigenvalue weighted by Crippen LogP contribution is 2.20. The molecule has 0 radical (unpaired) electrons. The molecule has 0 heterocycles. The van der Waals surface area contributed by atoms with E-state index in [9.17, 15) is 9.59 Å². The van der Waals surface area contributed by atoms with Crippen molar-refractivity contribution < 1.29 is 14.3 Å². The molecule has 2 aromatic rings. The number of benzene rings is 2. The summed E-state index contributed by atoms with van der Waals surface area (Å²) in [7, 11) is 1.59. The molecule has 2 amide bonds. The van der Waals surface area contributed by atoms with E-state index in [4.69, 9.17) is 4.74 Å². The highest BCUT2D eigenvalue weighted by atomic mass is 16.5. The molecule has 2 rings (SSSR count). The Bertz CT molecular complexity index is 739. The van der Waals surface area contributed by atoms with E-state index >= 15 is 0 Å². The molecule has 0 fully saturated rings. The zero-order valence-electron chi connectivity index (χ0n) is 14.4. The maximum atomic E-state index is 12.3. The Labute approximate surface area is 142 Å². The fraction of sp³-hybridized carbons (Fsp3) is 0.263. The van der Waals surface area contributed by atoms with Gasteiger partial charge in [0.15, 0.2) is 0 Å². The summed E-state index contributed by atoms with van der Waals surface area (Å²) in [4.78, 5) is 25.7. The predicted molar refractivity (Wildman–Crippen MR) is 95.6 cm³/mol. The molecule has 0 aliphatic carbocycles. The third-order valence-corrected chi connectivity index (χ3v) is 3.86. The first kappa shape index (κ1) is 17.5. The van der Waals surface area contributed by atoms with Crippen LogP contribution in [0.5, 0.6) is 5.75 Å². The first-order chi connectivity index (χ1) is 11.4. The van der Waals surface area contributed by atoms with Gasteiger partial charge in [-0.2, -0.15) is 0 Å². The molecule has 5 heteroatoms. The number of aryl methyl sites for hydroxylation is 2. The van der Waals surface area contributed by atoms with Gasteiger partial charge in [0.2, 0.25) is 11.8 Å². The van der Waals surface area contributed by atoms with Gasteiger partial charge < -0.3 is 15.0 Å². The Morgan fingerprint density at radius 1 is 1.04 bits per heavy atom. The smallest absolute Gasteiger partial charge is 0.244 e. The van der Waals surface area contributed by atoms with Crippen LogP contribution in [0.25, 0.3) is 0 Å². The fourth-order valence-corrected chi connectivity index (χ4v) is 2.30. The molecule has 126 valence electrons. The number of methoxy groups -OCH3 is 1. The van der Waals surface area contributed by atoms with Crippen molar-refractivity contribution in [1.82, 2.24) is 0 Å². The number of anilines is 2. The van der Waals surface area contributed by atoms with Crippen molar-refractivity contribution in [2.75, 3.05) is 23.9 Å². The molecule has 0 unspecified atom stereocenters. The monoisotopic (exact) mass is 326 g/mol. The number of ether oxygens (including phenoxy) is 1. The van der Waals surface area contributed by atoms with Crippen LogP contribution in [0, 0.1) is 13.8 Å². The van der Waals surface area contributed by atoms with Crippen molar-refractivity contribution in [2.24, 2.45) is 0 Å². The minimum atomic E-state index is -0.256. The van der Waals surface area contributed by atoms with E-state index in [1.165, 1.54) is 11.8 Å². The van der Waals surface area contributed by atoms with E-state index in [1.54, 1.807) is 31.4 Å². The Morgan fingerprint density at radius 2 is 1.71 bits per heavy atom. The molecule has 2 aromatic carbocycles. The van der Waals surface area contributed by atoms with E-state index in [0.717, 1.165) is 16.8 Å². The molecule has 0 aliphatic rings. The molecular formula is C19H22N2O3. The summed E-state index contributed by atoms with van der Waals surface area (Å²) in [5.74, 6) is 0.283. The normalized spacial score (nSPS) is 10.2. The van der Waals surface area contributed by atoms with E-state index in [-0.39, 0.29) is 18.4 Å². The summed E-state index contributed by atoms with van der Waals surface area (Å²) in [6, 6.07) is 12.8. The average Bonchev–Trinajstić information content (AvgIpc) is 2.56. The van der Waals surface area contributed by atoms with Gasteiger partial charge in [-0.3, -0.25) is 9.59 Å². The molecule has 1 N–H and O–H groups in total. The fourth-order valence-electron chi connectivity index (χ4n) is 2.30. The largest absolute Gasteiger partial charge is 0.497 e. The van der Waals surface area contributed by atoms with Crippen LogP contribution in [-0.4, -0.2) is 25.5 Å². The van der Waals surface area contributed by atoms with Crippen LogP contribution < -0.4 is 15.0 Å². The van der Waals surface area contributed by atoms with E-state index in [2.05, 4.69) is 5.32 Å². The Morgan fingerprint density at radius 3 is 2.25 bits per heavy atom. The van der Waals surface area contributed by atoms with Crippen LogP contribution in [-0.2, 0) is 9.59 Å². The summed E-state index contributed by atoms with van der Waals surface area (Å²) in [6.45, 7) is 5.40. The zero-order chi connectivity index (χ0) is 17.7. The summed E-state index contributed by atoms with van der Waals surface area (Å²) >= 11 is 0. The number of amides is 2. The van der Waals surface area contributed by atoms with E-state index in [0.29, 0.717) is 11.4 Å². The molecule has 0 aromatic heterocycles. The van der Waals surface area contributed by atoms with Crippen molar-refractivity contribution in [1.29, 1.82) is 0 Å². The molecule has 0 aliphatic heterocycles. The lowest BCUT2D eigenvalue weighted by atomic mass is 10.1. The van der Waals surface area contributed by atoms with Gasteiger partial charge in [-0.05, 0) is 61.4 Å². The third kappa shape index (κ3) is 4.35. The van der Waals surface area contributed by atoms with Crippen LogP contribution in [0.1, 0.15) is 18.1 Å². The van der Waals surface area contributed by atoms with Gasteiger partial charge in [-0.15, -0.1) is 0 Å². The second kappa shape index (κ2) is 7.64. The number of rotatable bonds is 5. The van der Waals surface area contributed by atoms with Crippen molar-refractivity contribution in [2.45, 2.75) is 20.8 Å². The van der Waals surface area contributed by atoms with E-state index in [1.807, 2.05) is 32.0 Å². The Kier molecular flexibility index (Phi) is 5.58. The van der Waals surface area contributed by atoms with Crippen molar-refractivity contribution in [3.05, 3.63) is 53.6 Å². The SMILES string of the molecule is COc1ccc(NC(=O)CN(C(C)=O)c2ccc(C)c(C)c2)cc1. The Balaban J connectivity index is 2.10. The zero-order valence-corrected chi connectivity index (χ0v) is 14.4. The first-order valence-corrected chi connectivity index (χ1v) is 7.70. The molecule has 24 heavy (non-hydrogen) atoms. The number of nitrogens with zero attached hydrogens (tertiary/aromatic N) is 1. The summed E-state index contributed by atoms with van der Waals surface area (Å²) in [5.41, 5.74) is 3.60. The third-order valence-electron chi connectivity index (χ3n) is 3.86. The van der Waals surface area contributed by atoms with Crippen molar-refractivity contribution >= 4 is 23.2 Å². The minimum absolute atomic E-state index is 0.0378. The van der Waals surface area contributed by atoms with Crippen LogP contribution in [0.3, 0.4) is 0 Å². The summed E-state index contributed by atoms with van der Waals surface area (Å²) in [5, 5.41) is 2.79. The maximum Gasteiger partial charge on any atom is 0.244 e. The number of nitrogens with one attached hydrogen (secondary N) is 1. The number of carbonyl (C=O) groups excluding carboxylic acids is 2. The second-order valence-corrected chi connectivity index (χ2v) is 5.65. The van der Waals surface area contributed by atoms with E-state index < -0.39 is 0 Å². The van der Waals surface area contributed by atoms with Gasteiger partial charge >= 0.3 is 0 Å². The van der Waals surface area contributed by atoms with Gasteiger partial charge in [0.25, 0.3) is 0 Å². The standard InChI is InChI=1S/C19H22N2O3/c1-13-5-8-17(11-14(13)2)21(15(3)22)12-19(23)20-16-6-9-18(24-4)10-7-16/h5-11H,12H2,1-4H3,(H,20,23). The topological polar surface area (TPSA) is 58.6 Å². The van der Waals surface area contributed by atoms with Crippen molar-refractivity contribution in [3.8, 4) is 5.75 Å². The van der Waals surface area contributed by atoms with Gasteiger partial charge in [0.1, 0.15) is 12.3 Å². The van der Waals surface area contributed by atoms with Crippen LogP contribution in [0.4, 0.5) is 11.4 Å². The number of hydrogen-bond acceptors (Lipinski definition) is 3. The molecule has 0 bridgehead atoms. The average molecular weight is 326 g/mol. The van der Waals surface area contributed by atoms with Crippen LogP contribution in [0.15, 0.2) is 42.5 Å². The molecule has 0 saturated carbocycles. The highest BCUT2D eigenvalue weighted by molar-refractivity contribution is 6.01. The van der Waals surface area contributed by atoms with Gasteiger partial charge in [-0.1, -0.05) is 6.07 Å². The van der Waals surface area contributed by atoms with Crippen LogP contribution >= 0.6 is 0 Å².